The van der Waals surface area contributed by atoms with E-state index in [4.69, 9.17) is 10.1 Å². The Morgan fingerprint density at radius 2 is 1.63 bits per heavy atom. The number of nitrogens with zero attached hydrogens (tertiary/aromatic N) is 2. The van der Waals surface area contributed by atoms with E-state index >= 15 is 0 Å². The fourth-order valence-electron chi connectivity index (χ4n) is 3.91. The van der Waals surface area contributed by atoms with Gasteiger partial charge in [-0.1, -0.05) is 80.4 Å². The van der Waals surface area contributed by atoms with E-state index < -0.39 is 6.09 Å². The highest BCUT2D eigenvalue weighted by molar-refractivity contribution is 5.79. The fourth-order valence-corrected chi connectivity index (χ4v) is 3.91. The van der Waals surface area contributed by atoms with E-state index in [2.05, 4.69) is 53.2 Å². The molecule has 5 heteroatoms. The quantitative estimate of drug-likeness (QED) is 0.399. The number of nitrogens with one attached hydrogen (secondary N) is 1. The van der Waals surface area contributed by atoms with E-state index in [1.165, 1.54) is 11.3 Å². The van der Waals surface area contributed by atoms with Gasteiger partial charge in [0.1, 0.15) is 5.82 Å². The Morgan fingerprint density at radius 1 is 1.00 bits per heavy atom. The summed E-state index contributed by atoms with van der Waals surface area (Å²) in [5, 5.41) is 11.5. The second-order valence-corrected chi connectivity index (χ2v) is 7.64. The highest BCUT2D eigenvalue weighted by atomic mass is 16.4. The second-order valence-electron chi connectivity index (χ2n) is 7.64. The smallest absolute Gasteiger partial charge is 0.404 e. The molecule has 30 heavy (non-hydrogen) atoms. The van der Waals surface area contributed by atoms with Gasteiger partial charge in [0.15, 0.2) is 0 Å². The molecule has 3 aromatic rings. The number of hydrogen-bond donors (Lipinski definition) is 2. The summed E-state index contributed by atoms with van der Waals surface area (Å²) in [5.41, 5.74) is 4.49. The fraction of sp³-hybridized carbons (Fsp3) is 0.360. The van der Waals surface area contributed by atoms with Gasteiger partial charge in [-0.2, -0.15) is 0 Å². The lowest BCUT2D eigenvalue weighted by Gasteiger charge is -2.15. The molecule has 0 aliphatic carbocycles. The first-order valence-electron chi connectivity index (χ1n) is 10.8. The molecule has 3 rings (SSSR count). The monoisotopic (exact) mass is 405 g/mol. The number of hydrogen-bond acceptors (Lipinski definition) is 2. The molecular formula is C25H31N3O2. The molecular weight excluding hydrogens is 374 g/mol. The molecule has 0 fully saturated rings. The van der Waals surface area contributed by atoms with Crippen molar-refractivity contribution in [2.45, 2.75) is 58.5 Å². The lowest BCUT2D eigenvalue weighted by Crippen LogP contribution is -2.32. The Bertz CT molecular complexity index is 936. The van der Waals surface area contributed by atoms with Gasteiger partial charge in [0.2, 0.25) is 0 Å². The van der Waals surface area contributed by atoms with Crippen LogP contribution in [-0.4, -0.2) is 26.8 Å². The summed E-state index contributed by atoms with van der Waals surface area (Å²) in [6.45, 7) is 4.99. The molecule has 5 nitrogen and oxygen atoms in total. The number of rotatable bonds is 10. The van der Waals surface area contributed by atoms with Crippen molar-refractivity contribution in [3.8, 4) is 22.5 Å². The Kier molecular flexibility index (Phi) is 7.66. The highest BCUT2D eigenvalue weighted by Gasteiger charge is 2.17. The predicted molar refractivity (Wildman–Crippen MR) is 122 cm³/mol. The van der Waals surface area contributed by atoms with Crippen LogP contribution in [0.1, 0.15) is 44.9 Å². The van der Waals surface area contributed by atoms with Crippen LogP contribution in [0.4, 0.5) is 4.79 Å². The molecule has 2 N–H and O–H groups in total. The van der Waals surface area contributed by atoms with Crippen LogP contribution in [0.3, 0.4) is 0 Å². The van der Waals surface area contributed by atoms with Crippen LogP contribution in [0.2, 0.25) is 0 Å². The SMILES string of the molecule is CCC(CCCCCn1c(C)nc(-c2ccccc2)c1-c1ccccc1)NC(=O)O. The lowest BCUT2D eigenvalue weighted by molar-refractivity contribution is 0.188. The topological polar surface area (TPSA) is 67.2 Å². The first-order valence-corrected chi connectivity index (χ1v) is 10.8. The molecule has 158 valence electrons. The number of aryl methyl sites for hydroxylation is 1. The molecule has 1 heterocycles. The summed E-state index contributed by atoms with van der Waals surface area (Å²) in [5.74, 6) is 1.02. The van der Waals surface area contributed by atoms with Crippen LogP contribution in [0.5, 0.6) is 0 Å². The Morgan fingerprint density at radius 3 is 2.23 bits per heavy atom. The van der Waals surface area contributed by atoms with Gasteiger partial charge in [0.05, 0.1) is 11.4 Å². The molecule has 0 bridgehead atoms. The molecule has 0 radical (unpaired) electrons. The molecule has 0 aliphatic heterocycles. The Hall–Kier alpha value is -3.08. The summed E-state index contributed by atoms with van der Waals surface area (Å²) < 4.78 is 2.32. The summed E-state index contributed by atoms with van der Waals surface area (Å²) in [7, 11) is 0. The zero-order chi connectivity index (χ0) is 21.3. The van der Waals surface area contributed by atoms with Gasteiger partial charge in [-0.3, -0.25) is 0 Å². The maximum absolute atomic E-state index is 10.9. The molecule has 0 saturated carbocycles. The van der Waals surface area contributed by atoms with Crippen molar-refractivity contribution in [1.82, 2.24) is 14.9 Å². The summed E-state index contributed by atoms with van der Waals surface area (Å²) >= 11 is 0. The van der Waals surface area contributed by atoms with Crippen LogP contribution >= 0.6 is 0 Å². The average molecular weight is 406 g/mol. The minimum Gasteiger partial charge on any atom is -0.465 e. The number of amides is 1. The average Bonchev–Trinajstić information content (AvgIpc) is 3.09. The van der Waals surface area contributed by atoms with E-state index in [9.17, 15) is 4.79 Å². The van der Waals surface area contributed by atoms with E-state index in [1.54, 1.807) is 0 Å². The van der Waals surface area contributed by atoms with Crippen LogP contribution in [0.15, 0.2) is 60.7 Å². The van der Waals surface area contributed by atoms with Crippen LogP contribution in [-0.2, 0) is 6.54 Å². The number of carboxylic acid groups (broad SMARTS) is 1. The number of unbranched alkanes of at least 4 members (excludes halogenated alkanes) is 2. The third-order valence-electron chi connectivity index (χ3n) is 5.51. The largest absolute Gasteiger partial charge is 0.465 e. The van der Waals surface area contributed by atoms with Crippen molar-refractivity contribution in [3.05, 3.63) is 66.5 Å². The maximum Gasteiger partial charge on any atom is 0.404 e. The first-order chi connectivity index (χ1) is 14.6. The maximum atomic E-state index is 10.9. The minimum absolute atomic E-state index is 0.0436. The number of imidazole rings is 1. The van der Waals surface area contributed by atoms with Crippen molar-refractivity contribution in [2.24, 2.45) is 0 Å². The molecule has 0 saturated heterocycles. The van der Waals surface area contributed by atoms with Crippen molar-refractivity contribution in [2.75, 3.05) is 0 Å². The Balaban J connectivity index is 1.73. The lowest BCUT2D eigenvalue weighted by atomic mass is 10.0. The van der Waals surface area contributed by atoms with E-state index in [-0.39, 0.29) is 6.04 Å². The van der Waals surface area contributed by atoms with Gasteiger partial charge < -0.3 is 15.0 Å². The minimum atomic E-state index is -0.933. The van der Waals surface area contributed by atoms with Gasteiger partial charge in [0, 0.05) is 23.7 Å². The third-order valence-corrected chi connectivity index (χ3v) is 5.51. The molecule has 2 aromatic carbocycles. The second kappa shape index (κ2) is 10.6. The van der Waals surface area contributed by atoms with Gasteiger partial charge in [-0.25, -0.2) is 9.78 Å². The van der Waals surface area contributed by atoms with E-state index in [0.717, 1.165) is 55.7 Å². The summed E-state index contributed by atoms with van der Waals surface area (Å²) in [4.78, 5) is 15.8. The Labute approximate surface area is 178 Å². The van der Waals surface area contributed by atoms with Crippen molar-refractivity contribution in [1.29, 1.82) is 0 Å². The standard InChI is InChI=1S/C25H31N3O2/c1-3-22(27-25(29)30)17-11-6-12-18-28-19(2)26-23(20-13-7-4-8-14-20)24(28)21-15-9-5-10-16-21/h4-5,7-10,13-16,22,27H,3,6,11-12,17-18H2,1-2H3,(H,29,30). The van der Waals surface area contributed by atoms with E-state index in [0.29, 0.717) is 0 Å². The van der Waals surface area contributed by atoms with Crippen molar-refractivity contribution >= 4 is 6.09 Å². The van der Waals surface area contributed by atoms with Gasteiger partial charge >= 0.3 is 6.09 Å². The molecule has 1 aromatic heterocycles. The number of aromatic nitrogens is 2. The highest BCUT2D eigenvalue weighted by Crippen LogP contribution is 2.33. The van der Waals surface area contributed by atoms with Crippen LogP contribution < -0.4 is 5.32 Å². The van der Waals surface area contributed by atoms with Gasteiger partial charge in [0.25, 0.3) is 0 Å². The molecule has 1 amide bonds. The molecule has 0 aliphatic rings. The van der Waals surface area contributed by atoms with E-state index in [1.807, 2.05) is 31.2 Å². The van der Waals surface area contributed by atoms with Crippen LogP contribution in [0.25, 0.3) is 22.5 Å². The zero-order valence-electron chi connectivity index (χ0n) is 17.8. The van der Waals surface area contributed by atoms with Crippen molar-refractivity contribution < 1.29 is 9.90 Å². The summed E-state index contributed by atoms with van der Waals surface area (Å²) in [6, 6.07) is 20.8. The normalized spacial score (nSPS) is 11.9. The summed E-state index contributed by atoms with van der Waals surface area (Å²) in [6.07, 6.45) is 3.88. The first kappa shape index (κ1) is 21.6. The molecule has 0 spiro atoms. The van der Waals surface area contributed by atoms with Crippen LogP contribution in [0, 0.1) is 6.92 Å². The third kappa shape index (κ3) is 5.50. The number of benzene rings is 2. The number of carbonyl (C=O) groups is 1. The predicted octanol–water partition coefficient (Wildman–Crippen LogP) is 6.13. The molecule has 1 unspecified atom stereocenters. The molecule has 1 atom stereocenters. The van der Waals surface area contributed by atoms with Gasteiger partial charge in [-0.05, 0) is 26.2 Å². The van der Waals surface area contributed by atoms with Crippen molar-refractivity contribution in [3.63, 3.8) is 0 Å². The van der Waals surface area contributed by atoms with Gasteiger partial charge in [-0.15, -0.1) is 0 Å². The zero-order valence-corrected chi connectivity index (χ0v) is 17.8.